The molecule has 0 radical (unpaired) electrons. The Kier molecular flexibility index (Phi) is 12.2. The summed E-state index contributed by atoms with van der Waals surface area (Å²) >= 11 is 0. The number of hydrogen-bond donors (Lipinski definition) is 0. The molecule has 0 saturated heterocycles. The van der Waals surface area contributed by atoms with Crippen LogP contribution in [0.15, 0.2) is 0 Å². The van der Waals surface area contributed by atoms with Crippen molar-refractivity contribution in [3.05, 3.63) is 5.56 Å². The van der Waals surface area contributed by atoms with Gasteiger partial charge in [-0.1, -0.05) is 87.4 Å². The van der Waals surface area contributed by atoms with Gasteiger partial charge in [0.25, 0.3) is 0 Å². The number of benzene rings is 8. The first-order valence-corrected chi connectivity index (χ1v) is 24.8. The van der Waals surface area contributed by atoms with Gasteiger partial charge in [0.05, 0.1) is 0 Å². The molecule has 0 aromatic heterocycles. The van der Waals surface area contributed by atoms with Crippen LogP contribution in [0.3, 0.4) is 0 Å². The van der Waals surface area contributed by atoms with E-state index in [0.717, 1.165) is 0 Å². The molecule has 0 bridgehead atoms. The van der Waals surface area contributed by atoms with Crippen LogP contribution >= 0.6 is 0 Å². The second-order valence-corrected chi connectivity index (χ2v) is 21.5. The summed E-state index contributed by atoms with van der Waals surface area (Å²) < 4.78 is 0. The molecule has 0 spiro atoms. The third-order valence-corrected chi connectivity index (χ3v) is 19.3. The molecule has 0 aliphatic rings. The lowest BCUT2D eigenvalue weighted by Gasteiger charge is -2.33. The molecule has 0 atom stereocenters. The van der Waals surface area contributed by atoms with Crippen LogP contribution in [0.2, 0.25) is 0 Å². The molecule has 292 valence electrons. The Labute approximate surface area is 418 Å². The van der Waals surface area contributed by atoms with Gasteiger partial charge in [-0.05, 0) is 89.0 Å². The predicted octanol–water partition coefficient (Wildman–Crippen LogP) is -31.9. The fraction of sp³-hybridized carbons (Fsp3) is 0.0244. The summed E-state index contributed by atoms with van der Waals surface area (Å²) in [7, 11) is 59.8. The Hall–Kier alpha value is -3.58. The van der Waals surface area contributed by atoms with Crippen LogP contribution in [0, 0.1) is 6.92 Å². The molecule has 0 unspecified atom stereocenters. The van der Waals surface area contributed by atoms with Crippen LogP contribution in [-0.2, 0) is 0 Å². The summed E-state index contributed by atoms with van der Waals surface area (Å²) in [6.07, 6.45) is 0. The van der Waals surface area contributed by atoms with Gasteiger partial charge < -0.3 is 0 Å². The van der Waals surface area contributed by atoms with E-state index in [1.807, 2.05) is 0 Å². The largest absolute Gasteiger partial charge is 0.140 e. The molecule has 0 nitrogen and oxygen atoms in total. The minimum atomic E-state index is 1.39. The van der Waals surface area contributed by atoms with Crippen LogP contribution in [-0.4, -0.2) is 196 Å². The van der Waals surface area contributed by atoms with Crippen molar-refractivity contribution in [3.63, 3.8) is 0 Å². The SMILES string of the molecule is Bc1c(B)c(B)c(-c2c(C)c(B)c(B)c3c(-c4c(B)c(B)c5c(B)c(B)c(B)c(B)c5c4B)c4c(B)c(B)c(B)c(B)c4c(-c4c(B)c(B)c5c(B)c(B)c(B)c(B)c5c4B)c23)c(B)c1B. The molecule has 8 aromatic rings. The van der Waals surface area contributed by atoms with Crippen LogP contribution in [0.4, 0.5) is 0 Å². The van der Waals surface area contributed by atoms with Gasteiger partial charge in [0, 0.05) is 0 Å². The predicted molar refractivity (Wildman–Crippen MR) is 382 cm³/mol. The highest BCUT2D eigenvalue weighted by atomic mass is 14.3. The minimum Gasteiger partial charge on any atom is -0.102 e. The molecular weight excluding hydrogens is 763 g/mol. The third-order valence-electron chi connectivity index (χ3n) is 19.3. The van der Waals surface area contributed by atoms with Crippen molar-refractivity contribution in [2.24, 2.45) is 0 Å². The van der Waals surface area contributed by atoms with Gasteiger partial charge in [-0.3, -0.25) is 0 Å². The maximum atomic E-state index is 2.46. The second-order valence-electron chi connectivity index (χ2n) is 21.5. The van der Waals surface area contributed by atoms with Crippen molar-refractivity contribution < 1.29 is 0 Å². The lowest BCUT2D eigenvalue weighted by atomic mass is 9.55. The van der Waals surface area contributed by atoms with Gasteiger partial charge in [0.2, 0.25) is 0 Å². The normalized spacial score (nSPS) is 11.7. The molecule has 0 aliphatic carbocycles. The topological polar surface area (TPSA) is 0 Å². The maximum Gasteiger partial charge on any atom is 0.140 e. The first-order chi connectivity index (χ1) is 30.7. The first kappa shape index (κ1) is 48.9. The Morgan fingerprint density at radius 3 is 0.652 bits per heavy atom. The summed E-state index contributed by atoms with van der Waals surface area (Å²) in [6, 6.07) is 0. The molecule has 66 heavy (non-hydrogen) atoms. The summed E-state index contributed by atoms with van der Waals surface area (Å²) in [5.41, 5.74) is 45.0. The number of hydrogen-bond acceptors (Lipinski definition) is 0. The minimum absolute atomic E-state index is 1.39. The van der Waals surface area contributed by atoms with Crippen molar-refractivity contribution in [3.8, 4) is 33.4 Å². The van der Waals surface area contributed by atoms with Crippen molar-refractivity contribution in [2.45, 2.75) is 6.92 Å². The van der Waals surface area contributed by atoms with Gasteiger partial charge >= 0.3 is 0 Å². The van der Waals surface area contributed by atoms with E-state index in [-0.39, 0.29) is 0 Å². The Morgan fingerprint density at radius 1 is 0.136 bits per heavy atom. The molecule has 0 N–H and O–H groups in total. The van der Waals surface area contributed by atoms with Gasteiger partial charge in [-0.2, -0.15) is 0 Å². The van der Waals surface area contributed by atoms with Crippen LogP contribution in [0.5, 0.6) is 0 Å². The Balaban J connectivity index is 1.87. The summed E-state index contributed by atoms with van der Waals surface area (Å²) in [4.78, 5) is 0. The summed E-state index contributed by atoms with van der Waals surface area (Å²) in [6.45, 7) is 2.44. The van der Waals surface area contributed by atoms with Crippen molar-refractivity contribution in [2.75, 3.05) is 0 Å². The van der Waals surface area contributed by atoms with E-state index < -0.39 is 0 Å². The van der Waals surface area contributed by atoms with Crippen molar-refractivity contribution in [1.29, 1.82) is 0 Å². The van der Waals surface area contributed by atoms with E-state index in [1.54, 1.807) is 0 Å². The van der Waals surface area contributed by atoms with Gasteiger partial charge in [0.1, 0.15) is 196 Å². The molecular formula is C41H53B25. The highest BCUT2D eigenvalue weighted by molar-refractivity contribution is 6.77. The first-order valence-electron chi connectivity index (χ1n) is 24.8. The Bertz CT molecular complexity index is 3620. The average molecular weight is 816 g/mol. The zero-order valence-corrected chi connectivity index (χ0v) is 46.0. The summed E-state index contributed by atoms with van der Waals surface area (Å²) in [5.74, 6) is 0. The molecule has 0 fully saturated rings. The third kappa shape index (κ3) is 6.27. The van der Waals surface area contributed by atoms with E-state index in [2.05, 4.69) is 203 Å². The van der Waals surface area contributed by atoms with Gasteiger partial charge in [-0.15, -0.1) is 49.2 Å². The fourth-order valence-electron chi connectivity index (χ4n) is 13.4. The van der Waals surface area contributed by atoms with E-state index in [1.165, 1.54) is 219 Å². The second kappa shape index (κ2) is 16.5. The molecule has 0 saturated carbocycles. The molecule has 8 rings (SSSR count). The quantitative estimate of drug-likeness (QED) is 0.123. The molecule has 0 heterocycles. The molecule has 8 aromatic carbocycles. The zero-order valence-electron chi connectivity index (χ0n) is 46.0. The molecule has 0 amide bonds. The monoisotopic (exact) mass is 821 g/mol. The van der Waals surface area contributed by atoms with E-state index in [9.17, 15) is 0 Å². The van der Waals surface area contributed by atoms with Crippen LogP contribution in [0.1, 0.15) is 5.56 Å². The lowest BCUT2D eigenvalue weighted by Crippen LogP contribution is -2.55. The zero-order chi connectivity index (χ0) is 49.1. The average Bonchev–Trinajstić information content (AvgIpc) is 3.28. The molecule has 25 heteroatoms. The van der Waals surface area contributed by atoms with E-state index in [4.69, 9.17) is 0 Å². The number of fused-ring (bicyclic) bond motifs is 4. The smallest absolute Gasteiger partial charge is 0.102 e. The Morgan fingerprint density at radius 2 is 0.318 bits per heavy atom. The van der Waals surface area contributed by atoms with Crippen LogP contribution < -0.4 is 137 Å². The number of rotatable bonds is 3. The van der Waals surface area contributed by atoms with Gasteiger partial charge in [-0.25, -0.2) is 0 Å². The van der Waals surface area contributed by atoms with E-state index >= 15 is 0 Å². The lowest BCUT2D eigenvalue weighted by molar-refractivity contribution is 1.56. The van der Waals surface area contributed by atoms with Crippen LogP contribution in [0.25, 0.3) is 76.5 Å². The molecule has 0 aliphatic heterocycles. The fourth-order valence-corrected chi connectivity index (χ4v) is 13.4. The standard InChI is InChI=1S/C41H53B25/c1-2-3(10-27(52)39(64)41(66)40(65)28(10)53)4-5(11-18(43)13-15(25(50)23(11)48)31(56)37(62)35(60)29(13)54)8-9(22(47)34(59)33(58)21(8)46)6(7(4)20(45)17(2)42)12-19(44)14-16(26(51)24(12)49)32(57)38(63)36(61)30(14)55/h42-66H2,1H3. The maximum absolute atomic E-state index is 2.46. The highest BCUT2D eigenvalue weighted by Crippen LogP contribution is 2.44. The van der Waals surface area contributed by atoms with Crippen molar-refractivity contribution >= 4 is 376 Å². The van der Waals surface area contributed by atoms with Crippen molar-refractivity contribution in [1.82, 2.24) is 0 Å². The summed E-state index contributed by atoms with van der Waals surface area (Å²) in [5, 5.41) is 11.4. The van der Waals surface area contributed by atoms with E-state index in [0.29, 0.717) is 0 Å². The van der Waals surface area contributed by atoms with Gasteiger partial charge in [0.15, 0.2) is 0 Å². The highest BCUT2D eigenvalue weighted by Gasteiger charge is 2.32.